The molecule has 1 atom stereocenters. The predicted molar refractivity (Wildman–Crippen MR) is 141 cm³/mol. The van der Waals surface area contributed by atoms with Crippen LogP contribution in [0.4, 0.5) is 0 Å². The molecule has 190 valence electrons. The lowest BCUT2D eigenvalue weighted by atomic mass is 10.0. The molecule has 1 aliphatic heterocycles. The van der Waals surface area contributed by atoms with E-state index in [-0.39, 0.29) is 6.54 Å². The van der Waals surface area contributed by atoms with E-state index in [2.05, 4.69) is 24.1 Å². The fourth-order valence-electron chi connectivity index (χ4n) is 4.69. The molecule has 0 saturated carbocycles. The Bertz CT molecular complexity index is 586. The number of carbonyl (C=O) groups is 1. The Hall–Kier alpha value is -1.46. The van der Waals surface area contributed by atoms with E-state index < -0.39 is 5.97 Å². The SMILES string of the molecule is CCCCCCC/C=C/CCCCCCCCCCCCC1=NC=C[N+]1(CCN)CC(=O)O. The van der Waals surface area contributed by atoms with Crippen molar-refractivity contribution >= 4 is 11.8 Å². The van der Waals surface area contributed by atoms with E-state index >= 15 is 0 Å². The average Bonchev–Trinajstić information content (AvgIpc) is 3.16. The number of carboxylic acid groups (broad SMARTS) is 1. The number of carboxylic acids is 1. The lowest BCUT2D eigenvalue weighted by molar-refractivity contribution is -0.778. The molecule has 1 aliphatic rings. The molecule has 1 rings (SSSR count). The monoisotopic (exact) mass is 462 g/mol. The fraction of sp³-hybridized carbons (Fsp3) is 0.786. The van der Waals surface area contributed by atoms with Crippen LogP contribution in [0.1, 0.15) is 122 Å². The summed E-state index contributed by atoms with van der Waals surface area (Å²) in [4.78, 5) is 15.7. The minimum Gasteiger partial charge on any atom is -0.477 e. The molecule has 0 fully saturated rings. The summed E-state index contributed by atoms with van der Waals surface area (Å²) >= 11 is 0. The van der Waals surface area contributed by atoms with Crippen LogP contribution >= 0.6 is 0 Å². The first-order valence-corrected chi connectivity index (χ1v) is 13.8. The molecule has 1 heterocycles. The highest BCUT2D eigenvalue weighted by atomic mass is 16.4. The number of aliphatic imine (C=N–C) groups is 1. The van der Waals surface area contributed by atoms with Gasteiger partial charge in [-0.1, -0.05) is 96.1 Å². The molecule has 0 aromatic heterocycles. The number of unbranched alkanes of at least 4 members (excludes halogenated alkanes) is 15. The van der Waals surface area contributed by atoms with Gasteiger partial charge in [-0.2, -0.15) is 0 Å². The maximum atomic E-state index is 11.3. The normalized spacial score (nSPS) is 17.8. The number of allylic oxidation sites excluding steroid dienone is 2. The zero-order valence-electron chi connectivity index (χ0n) is 21.5. The van der Waals surface area contributed by atoms with Crippen LogP contribution in [-0.4, -0.2) is 41.0 Å². The first-order chi connectivity index (χ1) is 16.1. The molecule has 3 N–H and O–H groups in total. The maximum absolute atomic E-state index is 11.3. The third-order valence-electron chi connectivity index (χ3n) is 6.70. The molecule has 5 nitrogen and oxygen atoms in total. The van der Waals surface area contributed by atoms with Gasteiger partial charge in [0.15, 0.2) is 6.54 Å². The molecule has 0 aromatic rings. The smallest absolute Gasteiger partial charge is 0.360 e. The van der Waals surface area contributed by atoms with Crippen LogP contribution in [0.2, 0.25) is 0 Å². The second-order valence-corrected chi connectivity index (χ2v) is 9.69. The van der Waals surface area contributed by atoms with Gasteiger partial charge in [-0.3, -0.25) is 0 Å². The largest absolute Gasteiger partial charge is 0.477 e. The minimum atomic E-state index is -0.799. The van der Waals surface area contributed by atoms with Crippen LogP contribution < -0.4 is 5.73 Å². The highest BCUT2D eigenvalue weighted by Crippen LogP contribution is 2.21. The Kier molecular flexibility index (Phi) is 17.9. The zero-order valence-corrected chi connectivity index (χ0v) is 21.5. The Morgan fingerprint density at radius 2 is 1.39 bits per heavy atom. The van der Waals surface area contributed by atoms with Crippen LogP contribution in [0, 0.1) is 0 Å². The number of quaternary nitrogens is 1. The summed E-state index contributed by atoms with van der Waals surface area (Å²) in [6.45, 7) is 3.39. The van der Waals surface area contributed by atoms with Crippen LogP contribution in [0.5, 0.6) is 0 Å². The van der Waals surface area contributed by atoms with Gasteiger partial charge in [0, 0.05) is 13.0 Å². The van der Waals surface area contributed by atoms with Gasteiger partial charge in [0.2, 0.25) is 5.84 Å². The van der Waals surface area contributed by atoms with E-state index in [4.69, 9.17) is 5.73 Å². The first kappa shape index (κ1) is 29.6. The van der Waals surface area contributed by atoms with Crippen molar-refractivity contribution in [3.63, 3.8) is 0 Å². The van der Waals surface area contributed by atoms with E-state index in [0.29, 0.717) is 17.6 Å². The maximum Gasteiger partial charge on any atom is 0.360 e. The van der Waals surface area contributed by atoms with Crippen molar-refractivity contribution in [1.82, 2.24) is 0 Å². The average molecular weight is 463 g/mol. The molecule has 0 amide bonds. The van der Waals surface area contributed by atoms with Gasteiger partial charge >= 0.3 is 5.97 Å². The van der Waals surface area contributed by atoms with E-state index in [0.717, 1.165) is 18.7 Å². The molecule has 0 bridgehead atoms. The molecule has 0 aliphatic carbocycles. The van der Waals surface area contributed by atoms with Crippen molar-refractivity contribution in [1.29, 1.82) is 0 Å². The summed E-state index contributed by atoms with van der Waals surface area (Å²) < 4.78 is 0.306. The molecule has 0 spiro atoms. The Balaban J connectivity index is 1.92. The summed E-state index contributed by atoms with van der Waals surface area (Å²) in [5.74, 6) is 0.164. The standard InChI is InChI=1S/C28H51N3O2/c1-2-3-4-5-6-7-8-9-10-11-12-13-14-15-16-17-18-19-20-21-27-30-23-25-31(27,24-22-29)26-28(32)33/h8-9,23,25H,2-7,10-22,24,26,29H2,1H3/p+1/b9-8+. The van der Waals surface area contributed by atoms with Crippen molar-refractivity contribution in [3.8, 4) is 0 Å². The summed E-state index contributed by atoms with van der Waals surface area (Å²) in [6, 6.07) is 0. The highest BCUT2D eigenvalue weighted by Gasteiger charge is 2.36. The summed E-state index contributed by atoms with van der Waals surface area (Å²) in [7, 11) is 0. The Labute approximate surface area is 203 Å². The predicted octanol–water partition coefficient (Wildman–Crippen LogP) is 7.33. The highest BCUT2D eigenvalue weighted by molar-refractivity contribution is 5.81. The number of hydrogen-bond acceptors (Lipinski definition) is 3. The summed E-state index contributed by atoms with van der Waals surface area (Å²) in [6.07, 6.45) is 31.7. The van der Waals surface area contributed by atoms with E-state index in [9.17, 15) is 9.90 Å². The molecular weight excluding hydrogens is 410 g/mol. The van der Waals surface area contributed by atoms with E-state index in [1.165, 1.54) is 103 Å². The van der Waals surface area contributed by atoms with Crippen molar-refractivity contribution < 1.29 is 14.4 Å². The van der Waals surface area contributed by atoms with Gasteiger partial charge in [-0.25, -0.2) is 14.3 Å². The fourth-order valence-corrected chi connectivity index (χ4v) is 4.69. The van der Waals surface area contributed by atoms with Gasteiger partial charge < -0.3 is 10.8 Å². The van der Waals surface area contributed by atoms with E-state index in [1.54, 1.807) is 6.20 Å². The first-order valence-electron chi connectivity index (χ1n) is 13.8. The quantitative estimate of drug-likeness (QED) is 0.0948. The summed E-state index contributed by atoms with van der Waals surface area (Å²) in [5.41, 5.74) is 5.73. The number of hydrogen-bond donors (Lipinski definition) is 2. The van der Waals surface area contributed by atoms with Gasteiger partial charge in [0.1, 0.15) is 12.7 Å². The lowest BCUT2D eigenvalue weighted by Gasteiger charge is -2.30. The number of nitrogens with zero attached hydrogens (tertiary/aromatic N) is 2. The number of nitrogens with two attached hydrogens (primary N) is 1. The third-order valence-corrected chi connectivity index (χ3v) is 6.70. The number of rotatable bonds is 23. The lowest BCUT2D eigenvalue weighted by Crippen LogP contribution is -2.52. The van der Waals surface area contributed by atoms with Crippen LogP contribution in [0.3, 0.4) is 0 Å². The Morgan fingerprint density at radius 3 is 1.91 bits per heavy atom. The van der Waals surface area contributed by atoms with Gasteiger partial charge in [0.05, 0.1) is 6.20 Å². The molecule has 1 unspecified atom stereocenters. The number of aliphatic carboxylic acids is 1. The third kappa shape index (κ3) is 14.4. The van der Waals surface area contributed by atoms with Crippen LogP contribution in [0.15, 0.2) is 29.5 Å². The molecule has 0 radical (unpaired) electrons. The van der Waals surface area contributed by atoms with Crippen molar-refractivity contribution in [2.45, 2.75) is 122 Å². The van der Waals surface area contributed by atoms with Crippen molar-refractivity contribution in [2.75, 3.05) is 19.6 Å². The minimum absolute atomic E-state index is 0.0436. The van der Waals surface area contributed by atoms with Crippen molar-refractivity contribution in [3.05, 3.63) is 24.6 Å². The second-order valence-electron chi connectivity index (χ2n) is 9.69. The van der Waals surface area contributed by atoms with E-state index in [1.807, 2.05) is 6.20 Å². The van der Waals surface area contributed by atoms with Gasteiger partial charge in [-0.15, -0.1) is 0 Å². The molecule has 0 saturated heterocycles. The second kappa shape index (κ2) is 20.0. The van der Waals surface area contributed by atoms with Crippen LogP contribution in [-0.2, 0) is 4.79 Å². The Morgan fingerprint density at radius 1 is 0.879 bits per heavy atom. The van der Waals surface area contributed by atoms with Crippen molar-refractivity contribution in [2.24, 2.45) is 10.7 Å². The van der Waals surface area contributed by atoms with Crippen LogP contribution in [0.25, 0.3) is 0 Å². The summed E-state index contributed by atoms with van der Waals surface area (Å²) in [5, 5.41) is 9.27. The molecular formula is C28H52N3O2+. The van der Waals surface area contributed by atoms with Gasteiger partial charge in [-0.05, 0) is 32.1 Å². The molecule has 5 heteroatoms. The zero-order chi connectivity index (χ0) is 24.0. The molecule has 33 heavy (non-hydrogen) atoms. The molecule has 0 aromatic carbocycles. The van der Waals surface area contributed by atoms with Gasteiger partial charge in [0.25, 0.3) is 0 Å². The topological polar surface area (TPSA) is 75.7 Å². The number of amidine groups is 1.